The number of aliphatic carboxylic acids is 1. The van der Waals surface area contributed by atoms with Gasteiger partial charge in [-0.1, -0.05) is 60.2 Å². The zero-order valence-corrected chi connectivity index (χ0v) is 11.2. The summed E-state index contributed by atoms with van der Waals surface area (Å²) in [7, 11) is 0. The van der Waals surface area contributed by atoms with Crippen LogP contribution in [-0.4, -0.2) is 16.9 Å². The van der Waals surface area contributed by atoms with Gasteiger partial charge >= 0.3 is 5.97 Å². The predicted molar refractivity (Wildman–Crippen MR) is 76.7 cm³/mol. The van der Waals surface area contributed by atoms with Crippen molar-refractivity contribution in [2.45, 2.75) is 19.3 Å². The second kappa shape index (κ2) is 6.15. The summed E-state index contributed by atoms with van der Waals surface area (Å²) in [6.07, 6.45) is 0.398. The smallest absolute Gasteiger partial charge is 0.372 e. The van der Waals surface area contributed by atoms with Crippen molar-refractivity contribution in [2.75, 3.05) is 0 Å². The Morgan fingerprint density at radius 1 is 1.00 bits per heavy atom. The van der Waals surface area contributed by atoms with Crippen LogP contribution in [0.4, 0.5) is 0 Å². The molecule has 0 aliphatic carbocycles. The molecule has 0 spiro atoms. The number of hydrogen-bond donors (Lipinski definition) is 1. The van der Waals surface area contributed by atoms with E-state index in [-0.39, 0.29) is 0 Å². The van der Waals surface area contributed by atoms with Gasteiger partial charge in [-0.3, -0.25) is 4.79 Å². The van der Waals surface area contributed by atoms with Crippen LogP contribution in [0.25, 0.3) is 0 Å². The van der Waals surface area contributed by atoms with E-state index < -0.39 is 17.7 Å². The molecule has 0 fully saturated rings. The molecule has 1 unspecified atom stereocenters. The van der Waals surface area contributed by atoms with Crippen LogP contribution in [0.5, 0.6) is 0 Å². The number of carboxylic acids is 1. The Morgan fingerprint density at radius 3 is 2.15 bits per heavy atom. The highest BCUT2D eigenvalue weighted by Gasteiger charge is 2.26. The molecule has 0 amide bonds. The summed E-state index contributed by atoms with van der Waals surface area (Å²) in [6, 6.07) is 16.8. The summed E-state index contributed by atoms with van der Waals surface area (Å²) >= 11 is 0. The van der Waals surface area contributed by atoms with Gasteiger partial charge in [-0.05, 0) is 24.5 Å². The molecule has 3 heteroatoms. The Labute approximate surface area is 117 Å². The van der Waals surface area contributed by atoms with Crippen LogP contribution in [0, 0.1) is 6.92 Å². The van der Waals surface area contributed by atoms with Crippen LogP contribution in [0.2, 0.25) is 0 Å². The van der Waals surface area contributed by atoms with Crippen LogP contribution in [-0.2, 0) is 16.0 Å². The molecular weight excluding hydrogens is 252 g/mol. The molecule has 2 aromatic rings. The minimum atomic E-state index is -1.38. The fourth-order valence-corrected chi connectivity index (χ4v) is 2.16. The van der Waals surface area contributed by atoms with Crippen molar-refractivity contribution in [3.63, 3.8) is 0 Å². The van der Waals surface area contributed by atoms with E-state index >= 15 is 0 Å². The van der Waals surface area contributed by atoms with Gasteiger partial charge < -0.3 is 5.11 Å². The largest absolute Gasteiger partial charge is 0.475 e. The number of rotatable bonds is 5. The maximum atomic E-state index is 11.9. The molecule has 2 rings (SSSR count). The van der Waals surface area contributed by atoms with Crippen molar-refractivity contribution in [3.8, 4) is 0 Å². The Morgan fingerprint density at radius 2 is 1.60 bits per heavy atom. The molecule has 0 saturated heterocycles. The van der Waals surface area contributed by atoms with Gasteiger partial charge in [-0.15, -0.1) is 0 Å². The van der Waals surface area contributed by atoms with Crippen LogP contribution in [0.3, 0.4) is 0 Å². The van der Waals surface area contributed by atoms with E-state index in [1.165, 1.54) is 0 Å². The van der Waals surface area contributed by atoms with Crippen molar-refractivity contribution in [3.05, 3.63) is 71.3 Å². The minimum absolute atomic E-state index is 0.398. The van der Waals surface area contributed by atoms with Crippen molar-refractivity contribution in [1.29, 1.82) is 0 Å². The maximum absolute atomic E-state index is 11.9. The summed E-state index contributed by atoms with van der Waals surface area (Å²) in [5, 5.41) is 8.99. The Kier molecular flexibility index (Phi) is 4.31. The van der Waals surface area contributed by atoms with E-state index in [1.807, 2.05) is 49.4 Å². The first-order valence-corrected chi connectivity index (χ1v) is 6.45. The van der Waals surface area contributed by atoms with Crippen molar-refractivity contribution in [1.82, 2.24) is 0 Å². The highest BCUT2D eigenvalue weighted by Crippen LogP contribution is 2.22. The lowest BCUT2D eigenvalue weighted by molar-refractivity contribution is -0.149. The minimum Gasteiger partial charge on any atom is -0.475 e. The third kappa shape index (κ3) is 3.32. The number of carbonyl (C=O) groups excluding carboxylic acids is 1. The SMILES string of the molecule is Cc1ccc(CC(C(=O)C(=O)O)c2ccccc2)cc1. The zero-order chi connectivity index (χ0) is 14.5. The number of carboxylic acid groups (broad SMARTS) is 1. The highest BCUT2D eigenvalue weighted by molar-refractivity contribution is 6.35. The van der Waals surface area contributed by atoms with E-state index in [2.05, 4.69) is 0 Å². The van der Waals surface area contributed by atoms with Gasteiger partial charge in [0, 0.05) is 0 Å². The zero-order valence-electron chi connectivity index (χ0n) is 11.2. The first kappa shape index (κ1) is 14.0. The summed E-state index contributed by atoms with van der Waals surface area (Å²) in [6.45, 7) is 1.99. The fourth-order valence-electron chi connectivity index (χ4n) is 2.16. The highest BCUT2D eigenvalue weighted by atomic mass is 16.4. The van der Waals surface area contributed by atoms with Crippen molar-refractivity contribution < 1.29 is 14.7 Å². The predicted octanol–water partition coefficient (Wildman–Crippen LogP) is 2.98. The monoisotopic (exact) mass is 268 g/mol. The van der Waals surface area contributed by atoms with E-state index in [9.17, 15) is 9.59 Å². The van der Waals surface area contributed by atoms with Gasteiger partial charge in [0.2, 0.25) is 5.78 Å². The van der Waals surface area contributed by atoms with E-state index in [4.69, 9.17) is 5.11 Å². The number of carbonyl (C=O) groups is 2. The van der Waals surface area contributed by atoms with Gasteiger partial charge in [-0.2, -0.15) is 0 Å². The average molecular weight is 268 g/mol. The fraction of sp³-hybridized carbons (Fsp3) is 0.176. The lowest BCUT2D eigenvalue weighted by Crippen LogP contribution is -2.23. The Balaban J connectivity index is 2.30. The molecule has 0 saturated carbocycles. The van der Waals surface area contributed by atoms with Gasteiger partial charge in [0.1, 0.15) is 0 Å². The second-order valence-corrected chi connectivity index (χ2v) is 4.82. The molecule has 0 bridgehead atoms. The van der Waals surface area contributed by atoms with Gasteiger partial charge in [0.15, 0.2) is 0 Å². The third-order valence-electron chi connectivity index (χ3n) is 3.29. The van der Waals surface area contributed by atoms with E-state index in [0.29, 0.717) is 6.42 Å². The molecule has 0 aliphatic heterocycles. The van der Waals surface area contributed by atoms with E-state index in [1.54, 1.807) is 12.1 Å². The van der Waals surface area contributed by atoms with Gasteiger partial charge in [-0.25, -0.2) is 4.79 Å². The molecule has 102 valence electrons. The van der Waals surface area contributed by atoms with Crippen molar-refractivity contribution in [2.24, 2.45) is 0 Å². The van der Waals surface area contributed by atoms with Crippen molar-refractivity contribution >= 4 is 11.8 Å². The molecule has 2 aromatic carbocycles. The van der Waals surface area contributed by atoms with Gasteiger partial charge in [0.05, 0.1) is 5.92 Å². The van der Waals surface area contributed by atoms with Crippen LogP contribution < -0.4 is 0 Å². The molecule has 0 radical (unpaired) electrons. The molecule has 20 heavy (non-hydrogen) atoms. The third-order valence-corrected chi connectivity index (χ3v) is 3.29. The average Bonchev–Trinajstić information content (AvgIpc) is 2.47. The molecule has 0 aromatic heterocycles. The summed E-state index contributed by atoms with van der Waals surface area (Å²) in [5.74, 6) is -2.79. The molecule has 0 aliphatic rings. The number of aryl methyl sites for hydroxylation is 1. The van der Waals surface area contributed by atoms with Crippen LogP contribution in [0.1, 0.15) is 22.6 Å². The number of hydrogen-bond acceptors (Lipinski definition) is 2. The molecule has 3 nitrogen and oxygen atoms in total. The van der Waals surface area contributed by atoms with Crippen LogP contribution >= 0.6 is 0 Å². The second-order valence-electron chi connectivity index (χ2n) is 4.82. The standard InChI is InChI=1S/C17H16O3/c1-12-7-9-13(10-8-12)11-15(16(18)17(19)20)14-5-3-2-4-6-14/h2-10,15H,11H2,1H3,(H,19,20). The lowest BCUT2D eigenvalue weighted by atomic mass is 9.88. The molecule has 0 heterocycles. The summed E-state index contributed by atoms with van der Waals surface area (Å²) < 4.78 is 0. The number of Topliss-reactive ketones (excluding diaryl/α,β-unsaturated/α-hetero) is 1. The topological polar surface area (TPSA) is 54.4 Å². The molecule has 1 N–H and O–H groups in total. The first-order chi connectivity index (χ1) is 9.58. The lowest BCUT2D eigenvalue weighted by Gasteiger charge is -2.14. The van der Waals surface area contributed by atoms with Gasteiger partial charge in [0.25, 0.3) is 0 Å². The molecule has 1 atom stereocenters. The van der Waals surface area contributed by atoms with Crippen LogP contribution in [0.15, 0.2) is 54.6 Å². The molecular formula is C17H16O3. The number of ketones is 1. The maximum Gasteiger partial charge on any atom is 0.372 e. The van der Waals surface area contributed by atoms with E-state index in [0.717, 1.165) is 16.7 Å². The first-order valence-electron chi connectivity index (χ1n) is 6.45. The Bertz CT molecular complexity index is 600. The summed E-state index contributed by atoms with van der Waals surface area (Å²) in [5.41, 5.74) is 2.83. The summed E-state index contributed by atoms with van der Waals surface area (Å²) in [4.78, 5) is 22.9. The quantitative estimate of drug-likeness (QED) is 0.848. The normalized spacial score (nSPS) is 11.8. The number of benzene rings is 2. The Hall–Kier alpha value is -2.42.